The minimum absolute atomic E-state index is 0.206. The highest BCUT2D eigenvalue weighted by Gasteiger charge is 2.44. The monoisotopic (exact) mass is 254 g/mol. The Labute approximate surface area is 108 Å². The molecule has 1 saturated heterocycles. The van der Waals surface area contributed by atoms with E-state index < -0.39 is 11.5 Å². The molecule has 0 aromatic heterocycles. The van der Waals surface area contributed by atoms with Gasteiger partial charge in [0, 0.05) is 19.6 Å². The lowest BCUT2D eigenvalue weighted by Gasteiger charge is -2.43. The van der Waals surface area contributed by atoms with E-state index in [1.807, 2.05) is 6.92 Å². The third-order valence-corrected chi connectivity index (χ3v) is 3.58. The van der Waals surface area contributed by atoms with Gasteiger partial charge in [0.1, 0.15) is 5.54 Å². The number of urea groups is 1. The fourth-order valence-corrected chi connectivity index (χ4v) is 2.32. The summed E-state index contributed by atoms with van der Waals surface area (Å²) in [6.45, 7) is 8.64. The largest absolute Gasteiger partial charge is 0.480 e. The zero-order valence-electron chi connectivity index (χ0n) is 11.2. The first kappa shape index (κ1) is 14.5. The van der Waals surface area contributed by atoms with Crippen LogP contribution < -0.4 is 0 Å². The van der Waals surface area contributed by atoms with E-state index in [0.29, 0.717) is 26.1 Å². The normalized spacial score (nSPS) is 23.6. The number of likely N-dealkylation sites (N-methyl/N-ethyl adjacent to an activating group) is 1. The molecule has 18 heavy (non-hydrogen) atoms. The summed E-state index contributed by atoms with van der Waals surface area (Å²) in [6, 6.07) is -0.206. The molecule has 1 rings (SSSR count). The molecule has 1 unspecified atom stereocenters. The third kappa shape index (κ3) is 2.66. The SMILES string of the molecule is C=CCN(CC)C(=O)N1CCCCC1(C)C(=O)O. The van der Waals surface area contributed by atoms with Crippen molar-refractivity contribution in [2.45, 2.75) is 38.6 Å². The lowest BCUT2D eigenvalue weighted by Crippen LogP contribution is -2.60. The van der Waals surface area contributed by atoms with Crippen LogP contribution in [0, 0.1) is 0 Å². The van der Waals surface area contributed by atoms with Crippen LogP contribution in [-0.4, -0.2) is 52.1 Å². The highest BCUT2D eigenvalue weighted by atomic mass is 16.4. The van der Waals surface area contributed by atoms with Crippen LogP contribution >= 0.6 is 0 Å². The van der Waals surface area contributed by atoms with Gasteiger partial charge in [-0.1, -0.05) is 6.08 Å². The number of carboxylic acids is 1. The molecule has 0 aliphatic carbocycles. The molecule has 5 nitrogen and oxygen atoms in total. The number of likely N-dealkylation sites (tertiary alicyclic amines) is 1. The Morgan fingerprint density at radius 3 is 2.67 bits per heavy atom. The molecular weight excluding hydrogens is 232 g/mol. The zero-order valence-corrected chi connectivity index (χ0v) is 11.2. The molecule has 102 valence electrons. The number of carboxylic acid groups (broad SMARTS) is 1. The Hall–Kier alpha value is -1.52. The topological polar surface area (TPSA) is 60.9 Å². The molecule has 1 atom stereocenters. The number of nitrogens with zero attached hydrogens (tertiary/aromatic N) is 2. The molecule has 1 aliphatic rings. The minimum Gasteiger partial charge on any atom is -0.480 e. The van der Waals surface area contributed by atoms with Crippen molar-refractivity contribution in [3.8, 4) is 0 Å². The Balaban J connectivity index is 2.92. The quantitative estimate of drug-likeness (QED) is 0.780. The van der Waals surface area contributed by atoms with E-state index >= 15 is 0 Å². The van der Waals surface area contributed by atoms with E-state index in [2.05, 4.69) is 6.58 Å². The first-order valence-electron chi connectivity index (χ1n) is 6.38. The first-order valence-corrected chi connectivity index (χ1v) is 6.38. The van der Waals surface area contributed by atoms with E-state index in [-0.39, 0.29) is 6.03 Å². The molecule has 1 N–H and O–H groups in total. The molecular formula is C13H22N2O3. The standard InChI is InChI=1S/C13H22N2O3/c1-4-9-14(5-2)12(18)15-10-7-6-8-13(15,3)11(16)17/h4H,1,5-10H2,2-3H3,(H,16,17). The highest BCUT2D eigenvalue weighted by Crippen LogP contribution is 2.29. The van der Waals surface area contributed by atoms with Gasteiger partial charge in [-0.25, -0.2) is 9.59 Å². The van der Waals surface area contributed by atoms with Crippen LogP contribution in [0.15, 0.2) is 12.7 Å². The van der Waals surface area contributed by atoms with Gasteiger partial charge in [0.05, 0.1) is 0 Å². The summed E-state index contributed by atoms with van der Waals surface area (Å²) < 4.78 is 0. The maximum Gasteiger partial charge on any atom is 0.329 e. The maximum absolute atomic E-state index is 12.4. The van der Waals surface area contributed by atoms with Gasteiger partial charge in [0.2, 0.25) is 0 Å². The predicted octanol–water partition coefficient (Wildman–Crippen LogP) is 1.94. The van der Waals surface area contributed by atoms with E-state index in [4.69, 9.17) is 0 Å². The van der Waals surface area contributed by atoms with Gasteiger partial charge in [-0.2, -0.15) is 0 Å². The summed E-state index contributed by atoms with van der Waals surface area (Å²) in [4.78, 5) is 26.9. The Morgan fingerprint density at radius 1 is 1.50 bits per heavy atom. The second kappa shape index (κ2) is 5.89. The molecule has 1 heterocycles. The molecule has 0 radical (unpaired) electrons. The van der Waals surface area contributed by atoms with Gasteiger partial charge in [0.15, 0.2) is 0 Å². The van der Waals surface area contributed by atoms with Gasteiger partial charge < -0.3 is 14.9 Å². The number of hydrogen-bond donors (Lipinski definition) is 1. The van der Waals surface area contributed by atoms with Crippen molar-refractivity contribution in [3.05, 3.63) is 12.7 Å². The van der Waals surface area contributed by atoms with Crippen molar-refractivity contribution in [1.29, 1.82) is 0 Å². The maximum atomic E-state index is 12.4. The first-order chi connectivity index (χ1) is 8.47. The van der Waals surface area contributed by atoms with Crippen LogP contribution in [0.1, 0.15) is 33.1 Å². The average molecular weight is 254 g/mol. The van der Waals surface area contributed by atoms with Gasteiger partial charge in [0.25, 0.3) is 0 Å². The number of carbonyl (C=O) groups is 2. The van der Waals surface area contributed by atoms with E-state index in [1.54, 1.807) is 17.9 Å². The van der Waals surface area contributed by atoms with Crippen LogP contribution in [-0.2, 0) is 4.79 Å². The van der Waals surface area contributed by atoms with E-state index in [1.165, 1.54) is 4.90 Å². The van der Waals surface area contributed by atoms with E-state index in [9.17, 15) is 14.7 Å². The number of carbonyl (C=O) groups excluding carboxylic acids is 1. The molecule has 2 amide bonds. The number of piperidine rings is 1. The highest BCUT2D eigenvalue weighted by molar-refractivity contribution is 5.86. The van der Waals surface area contributed by atoms with Crippen molar-refractivity contribution < 1.29 is 14.7 Å². The van der Waals surface area contributed by atoms with Crippen molar-refractivity contribution in [2.75, 3.05) is 19.6 Å². The summed E-state index contributed by atoms with van der Waals surface area (Å²) in [5, 5.41) is 9.37. The second-order valence-electron chi connectivity index (χ2n) is 4.80. The fourth-order valence-electron chi connectivity index (χ4n) is 2.32. The van der Waals surface area contributed by atoms with Gasteiger partial charge in [-0.3, -0.25) is 0 Å². The van der Waals surface area contributed by atoms with E-state index in [0.717, 1.165) is 12.8 Å². The van der Waals surface area contributed by atoms with Crippen LogP contribution in [0.25, 0.3) is 0 Å². The van der Waals surface area contributed by atoms with Crippen molar-refractivity contribution in [1.82, 2.24) is 9.80 Å². The summed E-state index contributed by atoms with van der Waals surface area (Å²) in [6.07, 6.45) is 3.88. The molecule has 5 heteroatoms. The molecule has 0 spiro atoms. The zero-order chi connectivity index (χ0) is 13.8. The lowest BCUT2D eigenvalue weighted by atomic mass is 9.89. The summed E-state index contributed by atoms with van der Waals surface area (Å²) in [5.41, 5.74) is -1.08. The average Bonchev–Trinajstić information content (AvgIpc) is 2.35. The second-order valence-corrected chi connectivity index (χ2v) is 4.80. The summed E-state index contributed by atoms with van der Waals surface area (Å²) in [5.74, 6) is -0.926. The lowest BCUT2D eigenvalue weighted by molar-refractivity contribution is -0.150. The van der Waals surface area contributed by atoms with Crippen molar-refractivity contribution in [2.24, 2.45) is 0 Å². The van der Waals surface area contributed by atoms with Gasteiger partial charge in [-0.15, -0.1) is 6.58 Å². The number of amides is 2. The Kier molecular flexibility index (Phi) is 4.76. The molecule has 0 saturated carbocycles. The molecule has 0 aromatic rings. The molecule has 1 aliphatic heterocycles. The molecule has 0 aromatic carbocycles. The van der Waals surface area contributed by atoms with Crippen molar-refractivity contribution in [3.63, 3.8) is 0 Å². The van der Waals surface area contributed by atoms with Crippen LogP contribution in [0.2, 0.25) is 0 Å². The fraction of sp³-hybridized carbons (Fsp3) is 0.692. The minimum atomic E-state index is -1.08. The number of aliphatic carboxylic acids is 1. The Morgan fingerprint density at radius 2 is 2.17 bits per heavy atom. The smallest absolute Gasteiger partial charge is 0.329 e. The van der Waals surface area contributed by atoms with Gasteiger partial charge in [-0.05, 0) is 33.1 Å². The summed E-state index contributed by atoms with van der Waals surface area (Å²) >= 11 is 0. The number of rotatable bonds is 4. The summed E-state index contributed by atoms with van der Waals surface area (Å²) in [7, 11) is 0. The third-order valence-electron chi connectivity index (χ3n) is 3.58. The molecule has 0 bridgehead atoms. The predicted molar refractivity (Wildman–Crippen MR) is 69.4 cm³/mol. The molecule has 1 fully saturated rings. The van der Waals surface area contributed by atoms with Crippen LogP contribution in [0.5, 0.6) is 0 Å². The van der Waals surface area contributed by atoms with Crippen LogP contribution in [0.3, 0.4) is 0 Å². The van der Waals surface area contributed by atoms with Crippen LogP contribution in [0.4, 0.5) is 4.79 Å². The number of hydrogen-bond acceptors (Lipinski definition) is 2. The van der Waals surface area contributed by atoms with Crippen molar-refractivity contribution >= 4 is 12.0 Å². The Bertz CT molecular complexity index is 343. The van der Waals surface area contributed by atoms with Gasteiger partial charge >= 0.3 is 12.0 Å².